The predicted molar refractivity (Wildman–Crippen MR) is 153 cm³/mol. The molecular weight excluding hydrogens is 635 g/mol. The summed E-state index contributed by atoms with van der Waals surface area (Å²) in [5.74, 6) is -2.79. The van der Waals surface area contributed by atoms with Gasteiger partial charge in [-0.2, -0.15) is 0 Å². The van der Waals surface area contributed by atoms with Gasteiger partial charge >= 0.3 is 5.97 Å². The van der Waals surface area contributed by atoms with E-state index in [0.717, 1.165) is 0 Å². The summed E-state index contributed by atoms with van der Waals surface area (Å²) in [4.78, 5) is 39.7. The highest BCUT2D eigenvalue weighted by atomic mass is 79.9. The van der Waals surface area contributed by atoms with E-state index in [1.54, 1.807) is 42.2 Å². The summed E-state index contributed by atoms with van der Waals surface area (Å²) in [6.45, 7) is 3.51. The smallest absolute Gasteiger partial charge is 0.326 e. The van der Waals surface area contributed by atoms with Crippen molar-refractivity contribution in [3.8, 4) is 5.88 Å². The molecule has 43 heavy (non-hydrogen) atoms. The average Bonchev–Trinajstić information content (AvgIpc) is 3.56. The number of carbonyl (C=O) groups excluding carboxylic acids is 1. The summed E-state index contributed by atoms with van der Waals surface area (Å²) in [5.41, 5.74) is -1.08. The van der Waals surface area contributed by atoms with Crippen LogP contribution in [0, 0.1) is 5.92 Å². The molecule has 2 aliphatic rings. The van der Waals surface area contributed by atoms with Crippen molar-refractivity contribution >= 4 is 55.7 Å². The SMILES string of the molecule is CC(=O)N1CC[C@](F)(c2cc(Br)cnc2OC2C[C@@H](C(=O)O)N(c3nc(C(F)F)nc4c3oc3ccccc34)C2)[C@@H](C)C1. The van der Waals surface area contributed by atoms with Crippen LogP contribution < -0.4 is 9.64 Å². The lowest BCUT2D eigenvalue weighted by Crippen LogP contribution is -2.48. The molecule has 3 aromatic heterocycles. The summed E-state index contributed by atoms with van der Waals surface area (Å²) >= 11 is 3.36. The van der Waals surface area contributed by atoms with Crippen LogP contribution in [-0.4, -0.2) is 68.6 Å². The number of pyridine rings is 1. The number of aromatic nitrogens is 3. The highest BCUT2D eigenvalue weighted by Gasteiger charge is 2.47. The number of hydrogen-bond donors (Lipinski definition) is 1. The number of amides is 1. The molecule has 0 saturated carbocycles. The second-order valence-electron chi connectivity index (χ2n) is 10.9. The number of carboxylic acids is 1. The van der Waals surface area contributed by atoms with Gasteiger partial charge in [-0.25, -0.2) is 32.9 Å². The molecular formula is C29H27BrF3N5O5. The molecule has 2 saturated heterocycles. The number of para-hydroxylation sites is 1. The molecule has 0 spiro atoms. The number of rotatable bonds is 6. The number of furan rings is 1. The van der Waals surface area contributed by atoms with Gasteiger partial charge in [-0.05, 0) is 34.1 Å². The van der Waals surface area contributed by atoms with Crippen molar-refractivity contribution < 1.29 is 37.0 Å². The molecule has 1 amide bonds. The normalized spacial score (nSPS) is 24.3. The molecule has 0 aliphatic carbocycles. The number of likely N-dealkylation sites (tertiary alicyclic amines) is 1. The number of nitrogens with zero attached hydrogens (tertiary/aromatic N) is 5. The average molecular weight is 662 g/mol. The Hall–Kier alpha value is -3.94. The summed E-state index contributed by atoms with van der Waals surface area (Å²) in [5, 5.41) is 10.6. The monoisotopic (exact) mass is 661 g/mol. The summed E-state index contributed by atoms with van der Waals surface area (Å²) < 4.78 is 57.2. The maximum absolute atomic E-state index is 16.7. The minimum Gasteiger partial charge on any atom is -0.480 e. The number of aliphatic carboxylic acids is 1. The molecule has 10 nitrogen and oxygen atoms in total. The number of halogens is 4. The Morgan fingerprint density at radius 3 is 2.70 bits per heavy atom. The van der Waals surface area contributed by atoms with Gasteiger partial charge in [0, 0.05) is 54.8 Å². The van der Waals surface area contributed by atoms with Crippen molar-refractivity contribution in [3.63, 3.8) is 0 Å². The molecule has 1 aromatic carbocycles. The minimum absolute atomic E-state index is 0.00495. The van der Waals surface area contributed by atoms with Crippen LogP contribution in [0.5, 0.6) is 5.88 Å². The van der Waals surface area contributed by atoms with Crippen LogP contribution in [0.25, 0.3) is 22.1 Å². The van der Waals surface area contributed by atoms with Gasteiger partial charge in [-0.15, -0.1) is 0 Å². The third-order valence-corrected chi connectivity index (χ3v) is 8.68. The first-order chi connectivity index (χ1) is 20.5. The van der Waals surface area contributed by atoms with Gasteiger partial charge < -0.3 is 24.1 Å². The second-order valence-corrected chi connectivity index (χ2v) is 11.9. The first-order valence-electron chi connectivity index (χ1n) is 13.7. The highest BCUT2D eigenvalue weighted by Crippen LogP contribution is 2.46. The van der Waals surface area contributed by atoms with Gasteiger partial charge in [0.05, 0.1) is 12.1 Å². The zero-order chi connectivity index (χ0) is 30.6. The third kappa shape index (κ3) is 5.15. The van der Waals surface area contributed by atoms with Crippen molar-refractivity contribution in [2.45, 2.75) is 50.9 Å². The second kappa shape index (κ2) is 11.0. The lowest BCUT2D eigenvalue weighted by atomic mass is 9.78. The van der Waals surface area contributed by atoms with Crippen LogP contribution >= 0.6 is 15.9 Å². The Bertz CT molecular complexity index is 1740. The van der Waals surface area contributed by atoms with E-state index in [1.807, 2.05) is 0 Å². The van der Waals surface area contributed by atoms with E-state index in [0.29, 0.717) is 15.4 Å². The lowest BCUT2D eigenvalue weighted by molar-refractivity contribution is -0.138. The fourth-order valence-corrected chi connectivity index (χ4v) is 6.34. The number of ether oxygens (including phenoxy) is 1. The first-order valence-corrected chi connectivity index (χ1v) is 14.5. The first kappa shape index (κ1) is 29.1. The van der Waals surface area contributed by atoms with Crippen molar-refractivity contribution in [3.05, 3.63) is 52.4 Å². The molecule has 2 aliphatic heterocycles. The number of piperidine rings is 1. The van der Waals surface area contributed by atoms with Gasteiger partial charge in [-0.3, -0.25) is 4.79 Å². The van der Waals surface area contributed by atoms with Crippen LogP contribution in [0.4, 0.5) is 19.0 Å². The molecule has 1 unspecified atom stereocenters. The van der Waals surface area contributed by atoms with E-state index in [4.69, 9.17) is 9.15 Å². The van der Waals surface area contributed by atoms with Gasteiger partial charge in [0.15, 0.2) is 17.2 Å². The Labute approximate surface area is 252 Å². The Morgan fingerprint density at radius 1 is 1.23 bits per heavy atom. The highest BCUT2D eigenvalue weighted by molar-refractivity contribution is 9.10. The maximum atomic E-state index is 16.7. The van der Waals surface area contributed by atoms with E-state index < -0.39 is 42.0 Å². The molecule has 5 heterocycles. The van der Waals surface area contributed by atoms with Crippen LogP contribution in [0.2, 0.25) is 0 Å². The molecule has 4 aromatic rings. The number of carbonyl (C=O) groups is 2. The fourth-order valence-electron chi connectivity index (χ4n) is 6.01. The van der Waals surface area contributed by atoms with Gasteiger partial charge in [0.2, 0.25) is 11.8 Å². The number of benzene rings is 1. The number of hydrogen-bond acceptors (Lipinski definition) is 8. The largest absolute Gasteiger partial charge is 0.480 e. The zero-order valence-electron chi connectivity index (χ0n) is 23.1. The van der Waals surface area contributed by atoms with Crippen molar-refractivity contribution in [1.29, 1.82) is 0 Å². The standard InChI is InChI=1S/C29H27BrF3N5O5/c1-14-12-37(15(2)39)8-7-29(14,33)19-9-16(30)11-34-27(19)42-17-10-20(28(40)41)38(13-17)26-23-22(35-25(36-26)24(31)32)18-5-3-4-6-21(18)43-23/h3-6,9,11,14,17,20,24H,7-8,10,12-13H2,1-2H3,(H,40,41)/t14-,17?,20-,29+/m0/s1. The Kier molecular flexibility index (Phi) is 7.43. The minimum atomic E-state index is -3.01. The maximum Gasteiger partial charge on any atom is 0.326 e. The molecule has 2 fully saturated rings. The summed E-state index contributed by atoms with van der Waals surface area (Å²) in [7, 11) is 0. The number of alkyl halides is 3. The lowest BCUT2D eigenvalue weighted by Gasteiger charge is -2.41. The van der Waals surface area contributed by atoms with E-state index in [-0.39, 0.29) is 66.7 Å². The van der Waals surface area contributed by atoms with Crippen LogP contribution in [0.3, 0.4) is 0 Å². The quantitative estimate of drug-likeness (QED) is 0.280. The molecule has 0 bridgehead atoms. The predicted octanol–water partition coefficient (Wildman–Crippen LogP) is 5.64. The number of fused-ring (bicyclic) bond motifs is 3. The zero-order valence-corrected chi connectivity index (χ0v) is 24.7. The van der Waals surface area contributed by atoms with Crippen molar-refractivity contribution in [2.24, 2.45) is 5.92 Å². The molecule has 4 atom stereocenters. The molecule has 14 heteroatoms. The van der Waals surface area contributed by atoms with Crippen LogP contribution in [0.1, 0.15) is 44.5 Å². The molecule has 6 rings (SSSR count). The van der Waals surface area contributed by atoms with Crippen LogP contribution in [-0.2, 0) is 15.3 Å². The van der Waals surface area contributed by atoms with E-state index >= 15 is 4.39 Å². The number of anilines is 1. The van der Waals surface area contributed by atoms with E-state index in [9.17, 15) is 23.5 Å². The Morgan fingerprint density at radius 2 is 2.00 bits per heavy atom. The van der Waals surface area contributed by atoms with Crippen molar-refractivity contribution in [2.75, 3.05) is 24.5 Å². The third-order valence-electron chi connectivity index (χ3n) is 8.24. The van der Waals surface area contributed by atoms with Gasteiger partial charge in [-0.1, -0.05) is 19.1 Å². The fraction of sp³-hybridized carbons (Fsp3) is 0.414. The summed E-state index contributed by atoms with van der Waals surface area (Å²) in [6.07, 6.45) is -2.40. The van der Waals surface area contributed by atoms with Gasteiger partial charge in [0.1, 0.15) is 28.9 Å². The van der Waals surface area contributed by atoms with Crippen LogP contribution in [0.15, 0.2) is 45.4 Å². The molecule has 0 radical (unpaired) electrons. The van der Waals surface area contributed by atoms with E-state index in [1.165, 1.54) is 18.0 Å². The van der Waals surface area contributed by atoms with E-state index in [2.05, 4.69) is 30.9 Å². The topological polar surface area (TPSA) is 122 Å². The summed E-state index contributed by atoms with van der Waals surface area (Å²) in [6, 6.07) is 7.14. The molecule has 1 N–H and O–H groups in total. The molecule has 226 valence electrons. The Balaban J connectivity index is 1.36. The van der Waals surface area contributed by atoms with Gasteiger partial charge in [0.25, 0.3) is 6.43 Å². The number of carboxylic acid groups (broad SMARTS) is 1. The van der Waals surface area contributed by atoms with Crippen molar-refractivity contribution in [1.82, 2.24) is 19.9 Å².